The molecule has 0 amide bonds. The van der Waals surface area contributed by atoms with Crippen LogP contribution < -0.4 is 0 Å². The van der Waals surface area contributed by atoms with E-state index in [9.17, 15) is 0 Å². The Bertz CT molecular complexity index is 208. The average Bonchev–Trinajstić information content (AvgIpc) is 2.15. The normalized spacial score (nSPS) is 20.4. The maximum absolute atomic E-state index is 4.05. The van der Waals surface area contributed by atoms with Crippen molar-refractivity contribution < 1.29 is 0 Å². The number of nitrogens with zero attached hydrogens (tertiary/aromatic N) is 3. The summed E-state index contributed by atoms with van der Waals surface area (Å²) in [4.78, 5) is 11.9. The summed E-state index contributed by atoms with van der Waals surface area (Å²) in [5.41, 5.74) is 0. The van der Waals surface area contributed by atoms with Gasteiger partial charge < -0.3 is 0 Å². The molecule has 0 saturated heterocycles. The lowest BCUT2D eigenvalue weighted by Gasteiger charge is -1.79. The van der Waals surface area contributed by atoms with Gasteiger partial charge in [0.1, 0.15) is 11.4 Å². The summed E-state index contributed by atoms with van der Waals surface area (Å²) in [6.07, 6.45) is 1.54. The standard InChI is InChI=1S/C4H3N3S.BrH/c1-5-3-4(6-1)8-2-7-3;/h1H,2H2;1H. The van der Waals surface area contributed by atoms with Crippen molar-refractivity contribution in [1.29, 1.82) is 0 Å². The highest BCUT2D eigenvalue weighted by Crippen LogP contribution is 2.16. The van der Waals surface area contributed by atoms with Gasteiger partial charge in [0, 0.05) is 0 Å². The summed E-state index contributed by atoms with van der Waals surface area (Å²) in [6.45, 7) is 0. The second-order valence-electron chi connectivity index (χ2n) is 1.43. The molecular weight excluding hydrogens is 202 g/mol. The van der Waals surface area contributed by atoms with Crippen LogP contribution in [0.15, 0.2) is 15.0 Å². The van der Waals surface area contributed by atoms with Crippen LogP contribution in [0.5, 0.6) is 0 Å². The van der Waals surface area contributed by atoms with E-state index in [1.54, 1.807) is 18.1 Å². The van der Waals surface area contributed by atoms with E-state index in [0.717, 1.165) is 16.8 Å². The summed E-state index contributed by atoms with van der Waals surface area (Å²) in [7, 11) is 0. The first-order valence-corrected chi connectivity index (χ1v) is 3.23. The summed E-state index contributed by atoms with van der Waals surface area (Å²) in [5, 5.41) is 0.977. The van der Waals surface area contributed by atoms with Crippen LogP contribution in [0, 0.1) is 0 Å². The van der Waals surface area contributed by atoms with Crippen LogP contribution in [0.1, 0.15) is 0 Å². The molecule has 2 aliphatic heterocycles. The highest BCUT2D eigenvalue weighted by Gasteiger charge is 2.16. The Kier molecular flexibility index (Phi) is 2.02. The summed E-state index contributed by atoms with van der Waals surface area (Å²) < 4.78 is 0. The maximum Gasteiger partial charge on any atom is 0.182 e. The van der Waals surface area contributed by atoms with Crippen LogP contribution in [0.2, 0.25) is 0 Å². The Morgan fingerprint density at radius 1 is 1.56 bits per heavy atom. The van der Waals surface area contributed by atoms with Crippen LogP contribution in [-0.2, 0) is 0 Å². The third-order valence-electron chi connectivity index (χ3n) is 0.962. The molecule has 0 aliphatic carbocycles. The molecule has 5 heteroatoms. The molecule has 0 atom stereocenters. The van der Waals surface area contributed by atoms with Crippen LogP contribution in [0.25, 0.3) is 0 Å². The fraction of sp³-hybridized carbons (Fsp3) is 0.250. The predicted octanol–water partition coefficient (Wildman–Crippen LogP) is 1.11. The van der Waals surface area contributed by atoms with Crippen molar-refractivity contribution >= 4 is 46.0 Å². The highest BCUT2D eigenvalue weighted by atomic mass is 79.9. The van der Waals surface area contributed by atoms with Gasteiger partial charge >= 0.3 is 0 Å². The largest absolute Gasteiger partial charge is 0.253 e. The molecule has 2 rings (SSSR count). The van der Waals surface area contributed by atoms with E-state index in [1.807, 2.05) is 0 Å². The molecule has 0 aromatic carbocycles. The van der Waals surface area contributed by atoms with Gasteiger partial charge in [-0.2, -0.15) is 0 Å². The topological polar surface area (TPSA) is 37.1 Å². The lowest BCUT2D eigenvalue weighted by atomic mass is 10.7. The summed E-state index contributed by atoms with van der Waals surface area (Å²) >= 11 is 1.63. The molecule has 48 valence electrons. The minimum Gasteiger partial charge on any atom is -0.253 e. The van der Waals surface area contributed by atoms with Gasteiger partial charge in [-0.3, -0.25) is 4.99 Å². The quantitative estimate of drug-likeness (QED) is 0.584. The van der Waals surface area contributed by atoms with Crippen molar-refractivity contribution in [2.24, 2.45) is 15.0 Å². The van der Waals surface area contributed by atoms with Crippen molar-refractivity contribution in [3.63, 3.8) is 0 Å². The number of halogens is 1. The zero-order valence-electron chi connectivity index (χ0n) is 4.44. The summed E-state index contributed by atoms with van der Waals surface area (Å²) in [5.74, 6) is 1.61. The first-order valence-electron chi connectivity index (χ1n) is 2.25. The van der Waals surface area contributed by atoms with Gasteiger partial charge in [-0.25, -0.2) is 9.98 Å². The van der Waals surface area contributed by atoms with E-state index >= 15 is 0 Å². The monoisotopic (exact) mass is 205 g/mol. The second kappa shape index (κ2) is 2.62. The number of thioether (sulfide) groups is 1. The molecule has 0 aromatic rings. The van der Waals surface area contributed by atoms with Gasteiger partial charge in [-0.1, -0.05) is 11.8 Å². The molecule has 0 saturated carbocycles. The number of fused-ring (bicyclic) bond motifs is 1. The number of rotatable bonds is 0. The average molecular weight is 206 g/mol. The SMILES string of the molecule is Br.C1=NC2=NCSC2=N1. The fourth-order valence-electron chi connectivity index (χ4n) is 0.614. The van der Waals surface area contributed by atoms with Gasteiger partial charge in [0.2, 0.25) is 0 Å². The third kappa shape index (κ3) is 1.07. The van der Waals surface area contributed by atoms with Crippen molar-refractivity contribution in [2.75, 3.05) is 5.88 Å². The first kappa shape index (κ1) is 6.95. The highest BCUT2D eigenvalue weighted by molar-refractivity contribution is 8.93. The Labute approximate surface area is 67.1 Å². The number of aliphatic imine (C=N–C) groups is 3. The van der Waals surface area contributed by atoms with Gasteiger partial charge in [0.25, 0.3) is 0 Å². The van der Waals surface area contributed by atoms with Crippen molar-refractivity contribution in [3.05, 3.63) is 0 Å². The Morgan fingerprint density at radius 2 is 2.44 bits per heavy atom. The molecule has 0 unspecified atom stereocenters. The fourth-order valence-corrected chi connectivity index (χ4v) is 1.29. The third-order valence-corrected chi connectivity index (χ3v) is 1.78. The Morgan fingerprint density at radius 3 is 3.22 bits per heavy atom. The van der Waals surface area contributed by atoms with E-state index in [-0.39, 0.29) is 17.0 Å². The zero-order chi connectivity index (χ0) is 5.40. The van der Waals surface area contributed by atoms with Gasteiger partial charge in [-0.15, -0.1) is 17.0 Å². The molecule has 0 N–H and O–H groups in total. The lowest BCUT2D eigenvalue weighted by molar-refractivity contribution is 1.39. The maximum atomic E-state index is 4.05. The molecule has 9 heavy (non-hydrogen) atoms. The van der Waals surface area contributed by atoms with Crippen LogP contribution in [0.3, 0.4) is 0 Å². The van der Waals surface area contributed by atoms with Crippen LogP contribution >= 0.6 is 28.7 Å². The first-order chi connectivity index (χ1) is 3.97. The minimum atomic E-state index is 0. The molecule has 2 heterocycles. The summed E-state index contributed by atoms with van der Waals surface area (Å²) in [6, 6.07) is 0. The van der Waals surface area contributed by atoms with Gasteiger partial charge in [0.05, 0.1) is 5.88 Å². The lowest BCUT2D eigenvalue weighted by Crippen LogP contribution is -1.94. The number of amidine groups is 1. The van der Waals surface area contributed by atoms with Gasteiger partial charge in [-0.05, 0) is 0 Å². The van der Waals surface area contributed by atoms with E-state index in [4.69, 9.17) is 0 Å². The van der Waals surface area contributed by atoms with Crippen LogP contribution in [-0.4, -0.2) is 23.1 Å². The minimum absolute atomic E-state index is 0. The Hall–Kier alpha value is -0.160. The van der Waals surface area contributed by atoms with Crippen molar-refractivity contribution in [1.82, 2.24) is 0 Å². The predicted molar refractivity (Wildman–Crippen MR) is 46.1 cm³/mol. The van der Waals surface area contributed by atoms with E-state index in [0.29, 0.717) is 0 Å². The molecule has 0 aromatic heterocycles. The van der Waals surface area contributed by atoms with E-state index < -0.39 is 0 Å². The van der Waals surface area contributed by atoms with Crippen LogP contribution in [0.4, 0.5) is 0 Å². The molecule has 0 bridgehead atoms. The number of hydrogen-bond acceptors (Lipinski definition) is 4. The van der Waals surface area contributed by atoms with E-state index in [2.05, 4.69) is 15.0 Å². The second-order valence-corrected chi connectivity index (χ2v) is 2.37. The molecule has 0 radical (unpaired) electrons. The molecular formula is C4H4BrN3S. The molecule has 0 fully saturated rings. The molecule has 3 nitrogen and oxygen atoms in total. The number of hydrogen-bond donors (Lipinski definition) is 0. The van der Waals surface area contributed by atoms with Crippen molar-refractivity contribution in [2.45, 2.75) is 0 Å². The van der Waals surface area contributed by atoms with Crippen molar-refractivity contribution in [3.8, 4) is 0 Å². The van der Waals surface area contributed by atoms with E-state index in [1.165, 1.54) is 0 Å². The Balaban J connectivity index is 0.000000405. The van der Waals surface area contributed by atoms with Gasteiger partial charge in [0.15, 0.2) is 5.84 Å². The zero-order valence-corrected chi connectivity index (χ0v) is 6.97. The molecule has 0 spiro atoms. The smallest absolute Gasteiger partial charge is 0.182 e. The molecule has 2 aliphatic rings.